The first-order valence-electron chi connectivity index (χ1n) is 3.33. The summed E-state index contributed by atoms with van der Waals surface area (Å²) in [5.74, 6) is 0.860. The van der Waals surface area contributed by atoms with Gasteiger partial charge in [0.2, 0.25) is 0 Å². The van der Waals surface area contributed by atoms with E-state index in [2.05, 4.69) is 9.88 Å². The van der Waals surface area contributed by atoms with Crippen LogP contribution in [0.1, 0.15) is 12.8 Å². The summed E-state index contributed by atoms with van der Waals surface area (Å²) < 4.78 is 1.54. The van der Waals surface area contributed by atoms with Gasteiger partial charge in [0.05, 0.1) is 0 Å². The van der Waals surface area contributed by atoms with Crippen LogP contribution < -0.4 is 0 Å². The molecule has 2 heteroatoms. The van der Waals surface area contributed by atoms with Crippen molar-refractivity contribution >= 4 is 31.4 Å². The van der Waals surface area contributed by atoms with Gasteiger partial charge in [0.25, 0.3) is 0 Å². The molecule has 8 heavy (non-hydrogen) atoms. The second-order valence-corrected chi connectivity index (χ2v) is 12.6. The predicted octanol–water partition coefficient (Wildman–Crippen LogP) is 2.49. The second kappa shape index (κ2) is 6.21. The van der Waals surface area contributed by atoms with E-state index in [1.165, 1.54) is 17.3 Å². The van der Waals surface area contributed by atoms with Crippen LogP contribution in [0, 0.1) is 0 Å². The van der Waals surface area contributed by atoms with Gasteiger partial charge in [0, 0.05) is 0 Å². The van der Waals surface area contributed by atoms with Gasteiger partial charge in [-0.25, -0.2) is 0 Å². The molecule has 0 fully saturated rings. The van der Waals surface area contributed by atoms with Crippen molar-refractivity contribution < 1.29 is 0 Å². The van der Waals surface area contributed by atoms with E-state index < -0.39 is 19.8 Å². The van der Waals surface area contributed by atoms with Crippen molar-refractivity contribution in [3.8, 4) is 0 Å². The minimum absolute atomic E-state index is 0.827. The maximum absolute atomic E-state index is 5.51. The standard InChI is InChI=1S/C4H8Cl.2CH3.Sn.H/c1-2-3-4-5;;;;/h1-4H2;2*1H3;;. The number of hydrogen-bond donors (Lipinski definition) is 0. The molecule has 0 nitrogen and oxygen atoms in total. The molecule has 0 aliphatic rings. The van der Waals surface area contributed by atoms with Crippen molar-refractivity contribution in [2.45, 2.75) is 27.2 Å². The summed E-state index contributed by atoms with van der Waals surface area (Å²) in [4.78, 5) is 4.91. The Labute approximate surface area is 64.3 Å². The Hall–Kier alpha value is 1.09. The van der Waals surface area contributed by atoms with Gasteiger partial charge in [0.15, 0.2) is 0 Å². The van der Waals surface area contributed by atoms with E-state index in [0.29, 0.717) is 0 Å². The van der Waals surface area contributed by atoms with Crippen molar-refractivity contribution in [1.29, 1.82) is 0 Å². The fraction of sp³-hybridized carbons (Fsp3) is 1.00. The molecule has 50 valence electrons. The molecule has 0 aromatic carbocycles. The molecule has 0 radical (unpaired) electrons. The fourth-order valence-electron chi connectivity index (χ4n) is 0.647. The number of unbranched alkanes of at least 4 members (excludes halogenated alkanes) is 1. The maximum atomic E-state index is 5.51. The second-order valence-electron chi connectivity index (χ2n) is 2.58. The molecule has 0 bridgehead atoms. The van der Waals surface area contributed by atoms with E-state index in [-0.39, 0.29) is 0 Å². The van der Waals surface area contributed by atoms with E-state index in [1.54, 1.807) is 0 Å². The molecule has 0 aromatic rings. The molecule has 0 spiro atoms. The molecule has 0 amide bonds. The zero-order valence-corrected chi connectivity index (χ0v) is 9.84. The SMILES string of the molecule is [CH3][SnH]([CH3])[CH2]CCCCl. The van der Waals surface area contributed by atoms with Crippen molar-refractivity contribution in [2.24, 2.45) is 0 Å². The first-order chi connectivity index (χ1) is 3.77. The van der Waals surface area contributed by atoms with Crippen LogP contribution in [0.3, 0.4) is 0 Å². The van der Waals surface area contributed by atoms with E-state index in [4.69, 9.17) is 11.6 Å². The molecule has 0 aliphatic heterocycles. The quantitative estimate of drug-likeness (QED) is 0.403. The van der Waals surface area contributed by atoms with E-state index in [1.807, 2.05) is 0 Å². The van der Waals surface area contributed by atoms with Crippen molar-refractivity contribution in [3.63, 3.8) is 0 Å². The van der Waals surface area contributed by atoms with E-state index >= 15 is 0 Å². The van der Waals surface area contributed by atoms with Gasteiger partial charge >= 0.3 is 64.4 Å². The molecule has 0 N–H and O–H groups in total. The summed E-state index contributed by atoms with van der Waals surface area (Å²) in [6.07, 6.45) is 2.62. The Morgan fingerprint density at radius 2 is 1.88 bits per heavy atom. The third-order valence-electron chi connectivity index (χ3n) is 1.17. The van der Waals surface area contributed by atoms with Gasteiger partial charge in [-0.3, -0.25) is 0 Å². The van der Waals surface area contributed by atoms with E-state index in [9.17, 15) is 0 Å². The first kappa shape index (κ1) is 9.09. The van der Waals surface area contributed by atoms with Gasteiger partial charge in [-0.1, -0.05) is 0 Å². The van der Waals surface area contributed by atoms with Gasteiger partial charge < -0.3 is 0 Å². The van der Waals surface area contributed by atoms with Gasteiger partial charge in [-0.15, -0.1) is 0 Å². The monoisotopic (exact) mass is 242 g/mol. The zero-order valence-electron chi connectivity index (χ0n) is 5.78. The van der Waals surface area contributed by atoms with Gasteiger partial charge in [-0.05, 0) is 0 Å². The third-order valence-corrected chi connectivity index (χ3v) is 5.89. The summed E-state index contributed by atoms with van der Waals surface area (Å²) in [7, 11) is 0. The number of alkyl halides is 1. The number of rotatable bonds is 4. The molecule has 0 aromatic heterocycles. The molecular weight excluding hydrogens is 226 g/mol. The Morgan fingerprint density at radius 1 is 1.25 bits per heavy atom. The van der Waals surface area contributed by atoms with Gasteiger partial charge in [-0.2, -0.15) is 0 Å². The van der Waals surface area contributed by atoms with Crippen LogP contribution >= 0.6 is 11.6 Å². The van der Waals surface area contributed by atoms with Crippen LogP contribution in [-0.4, -0.2) is 25.6 Å². The van der Waals surface area contributed by atoms with Gasteiger partial charge in [0.1, 0.15) is 0 Å². The van der Waals surface area contributed by atoms with Crippen LogP contribution in [0.5, 0.6) is 0 Å². The fourth-order valence-corrected chi connectivity index (χ4v) is 3.99. The topological polar surface area (TPSA) is 0 Å². The predicted molar refractivity (Wildman–Crippen MR) is 43.6 cm³/mol. The Bertz CT molecular complexity index is 45.8. The molecule has 0 aliphatic carbocycles. The summed E-state index contributed by atoms with van der Waals surface area (Å²) in [5, 5.41) is 0. The first-order valence-corrected chi connectivity index (χ1v) is 12.8. The van der Waals surface area contributed by atoms with Crippen LogP contribution in [0.4, 0.5) is 0 Å². The van der Waals surface area contributed by atoms with Crippen LogP contribution in [0.2, 0.25) is 14.3 Å². The third kappa shape index (κ3) is 7.09. The summed E-state index contributed by atoms with van der Waals surface area (Å²) in [6, 6.07) is 0. The van der Waals surface area contributed by atoms with Crippen LogP contribution in [-0.2, 0) is 0 Å². The molecule has 0 saturated carbocycles. The van der Waals surface area contributed by atoms with Crippen molar-refractivity contribution in [3.05, 3.63) is 0 Å². The number of hydrogen-bond acceptors (Lipinski definition) is 0. The molecule has 0 saturated heterocycles. The van der Waals surface area contributed by atoms with Crippen molar-refractivity contribution in [2.75, 3.05) is 5.88 Å². The average molecular weight is 241 g/mol. The zero-order chi connectivity index (χ0) is 6.41. The molecule has 0 atom stereocenters. The van der Waals surface area contributed by atoms with E-state index in [0.717, 1.165) is 5.88 Å². The Morgan fingerprint density at radius 3 is 2.25 bits per heavy atom. The average Bonchev–Trinajstić information content (AvgIpc) is 1.66. The summed E-state index contributed by atoms with van der Waals surface area (Å²) in [6.45, 7) is 0. The number of halogens is 1. The summed E-state index contributed by atoms with van der Waals surface area (Å²) in [5.41, 5.74) is 0. The molecule has 0 heterocycles. The minimum atomic E-state index is -0.827. The van der Waals surface area contributed by atoms with Crippen molar-refractivity contribution in [1.82, 2.24) is 0 Å². The Balaban J connectivity index is 2.72. The van der Waals surface area contributed by atoms with Crippen LogP contribution in [0.25, 0.3) is 0 Å². The normalized spacial score (nSPS) is 10.5. The molecule has 0 rings (SSSR count). The molecular formula is C6H15ClSn. The Kier molecular flexibility index (Phi) is 7.06. The van der Waals surface area contributed by atoms with Crippen LogP contribution in [0.15, 0.2) is 0 Å². The molecule has 0 unspecified atom stereocenters. The summed E-state index contributed by atoms with van der Waals surface area (Å²) >= 11 is 4.68.